The number of rotatable bonds is 7. The number of urea groups is 1. The molecule has 6 heteroatoms. The number of hydrogen-bond acceptors (Lipinski definition) is 4. The van der Waals surface area contributed by atoms with Crippen molar-refractivity contribution in [2.24, 2.45) is 5.41 Å². The quantitative estimate of drug-likeness (QED) is 0.715. The average Bonchev–Trinajstić information content (AvgIpc) is 2.78. The standard InChI is InChI=1S/C13H23N3O2S/c1-10(17)6-13(2,3)8-15-12(18)14-5-4-11-7-19-9-16-11/h7,9-10,17H,4-6,8H2,1-3H3,(H2,14,15,18). The van der Waals surface area contributed by atoms with Crippen molar-refractivity contribution in [1.82, 2.24) is 15.6 Å². The Kier molecular flexibility index (Phi) is 6.24. The Labute approximate surface area is 118 Å². The third-order valence-electron chi connectivity index (χ3n) is 2.73. The van der Waals surface area contributed by atoms with Crippen molar-refractivity contribution >= 4 is 17.4 Å². The maximum absolute atomic E-state index is 11.6. The highest BCUT2D eigenvalue weighted by Crippen LogP contribution is 2.20. The molecule has 0 radical (unpaired) electrons. The van der Waals surface area contributed by atoms with Crippen molar-refractivity contribution < 1.29 is 9.90 Å². The molecule has 1 atom stereocenters. The van der Waals surface area contributed by atoms with Crippen LogP contribution in [0.5, 0.6) is 0 Å². The third-order valence-corrected chi connectivity index (χ3v) is 3.36. The zero-order chi connectivity index (χ0) is 14.3. The molecule has 19 heavy (non-hydrogen) atoms. The number of nitrogens with zero attached hydrogens (tertiary/aromatic N) is 1. The molecule has 1 aromatic heterocycles. The van der Waals surface area contributed by atoms with Gasteiger partial charge in [-0.25, -0.2) is 9.78 Å². The van der Waals surface area contributed by atoms with E-state index in [-0.39, 0.29) is 17.6 Å². The van der Waals surface area contributed by atoms with Crippen molar-refractivity contribution in [2.75, 3.05) is 13.1 Å². The van der Waals surface area contributed by atoms with E-state index in [1.54, 1.807) is 23.8 Å². The van der Waals surface area contributed by atoms with Crippen LogP contribution in [-0.2, 0) is 6.42 Å². The first kappa shape index (κ1) is 15.9. The molecule has 1 aromatic rings. The Morgan fingerprint density at radius 3 is 2.84 bits per heavy atom. The van der Waals surface area contributed by atoms with Crippen LogP contribution in [0.3, 0.4) is 0 Å². The summed E-state index contributed by atoms with van der Waals surface area (Å²) < 4.78 is 0. The number of carbonyl (C=O) groups excluding carboxylic acids is 1. The number of hydrogen-bond donors (Lipinski definition) is 3. The minimum absolute atomic E-state index is 0.111. The molecule has 1 unspecified atom stereocenters. The smallest absolute Gasteiger partial charge is 0.314 e. The van der Waals surface area contributed by atoms with Crippen LogP contribution >= 0.6 is 11.3 Å². The number of carbonyl (C=O) groups is 1. The van der Waals surface area contributed by atoms with Crippen LogP contribution in [0, 0.1) is 5.41 Å². The summed E-state index contributed by atoms with van der Waals surface area (Å²) in [6, 6.07) is -0.172. The molecule has 0 aromatic carbocycles. The van der Waals surface area contributed by atoms with E-state index >= 15 is 0 Å². The number of thiazole rings is 1. The zero-order valence-electron chi connectivity index (χ0n) is 11.8. The lowest BCUT2D eigenvalue weighted by Gasteiger charge is -2.26. The summed E-state index contributed by atoms with van der Waals surface area (Å²) in [5.74, 6) is 0. The van der Waals surface area contributed by atoms with Crippen LogP contribution in [0.15, 0.2) is 10.9 Å². The van der Waals surface area contributed by atoms with Gasteiger partial charge in [-0.3, -0.25) is 0 Å². The van der Waals surface area contributed by atoms with E-state index < -0.39 is 0 Å². The third kappa shape index (κ3) is 7.12. The molecular weight excluding hydrogens is 262 g/mol. The summed E-state index contributed by atoms with van der Waals surface area (Å²) >= 11 is 1.55. The highest BCUT2D eigenvalue weighted by Gasteiger charge is 2.20. The van der Waals surface area contributed by atoms with Crippen molar-refractivity contribution in [3.05, 3.63) is 16.6 Å². The number of aliphatic hydroxyl groups is 1. The minimum Gasteiger partial charge on any atom is -0.393 e. The number of aromatic nitrogens is 1. The average molecular weight is 285 g/mol. The van der Waals surface area contributed by atoms with Gasteiger partial charge in [0.05, 0.1) is 17.3 Å². The molecule has 2 amide bonds. The molecule has 0 bridgehead atoms. The second-order valence-electron chi connectivity index (χ2n) is 5.56. The predicted octanol–water partition coefficient (Wildman–Crippen LogP) is 1.78. The Morgan fingerprint density at radius 2 is 2.26 bits per heavy atom. The van der Waals surface area contributed by atoms with Crippen LogP contribution in [-0.4, -0.2) is 35.3 Å². The highest BCUT2D eigenvalue weighted by molar-refractivity contribution is 7.07. The Hall–Kier alpha value is -1.14. The summed E-state index contributed by atoms with van der Waals surface area (Å²) in [6.45, 7) is 6.92. The van der Waals surface area contributed by atoms with E-state index in [1.165, 1.54) is 0 Å². The van der Waals surface area contributed by atoms with E-state index in [2.05, 4.69) is 15.6 Å². The molecule has 5 nitrogen and oxygen atoms in total. The van der Waals surface area contributed by atoms with E-state index in [0.29, 0.717) is 19.5 Å². The van der Waals surface area contributed by atoms with Crippen molar-refractivity contribution in [3.63, 3.8) is 0 Å². The molecule has 0 saturated heterocycles. The molecule has 0 saturated carbocycles. The first-order valence-electron chi connectivity index (χ1n) is 6.46. The van der Waals surface area contributed by atoms with Gasteiger partial charge in [0.2, 0.25) is 0 Å². The maximum Gasteiger partial charge on any atom is 0.314 e. The SMILES string of the molecule is CC(O)CC(C)(C)CNC(=O)NCCc1cscn1. The number of aliphatic hydroxyl groups excluding tert-OH is 1. The molecule has 0 aliphatic rings. The van der Waals surface area contributed by atoms with Gasteiger partial charge in [-0.15, -0.1) is 11.3 Å². The Balaban J connectivity index is 2.17. The van der Waals surface area contributed by atoms with Gasteiger partial charge in [0.1, 0.15) is 0 Å². The molecule has 0 aliphatic carbocycles. The summed E-state index contributed by atoms with van der Waals surface area (Å²) in [4.78, 5) is 15.8. The van der Waals surface area contributed by atoms with Crippen LogP contribution in [0.1, 0.15) is 32.9 Å². The Bertz CT molecular complexity index is 377. The molecular formula is C13H23N3O2S. The lowest BCUT2D eigenvalue weighted by atomic mass is 9.87. The van der Waals surface area contributed by atoms with E-state index in [1.807, 2.05) is 19.2 Å². The molecule has 0 fully saturated rings. The fourth-order valence-corrected chi connectivity index (χ4v) is 2.51. The van der Waals surface area contributed by atoms with Gasteiger partial charge >= 0.3 is 6.03 Å². The van der Waals surface area contributed by atoms with E-state index in [4.69, 9.17) is 0 Å². The van der Waals surface area contributed by atoms with E-state index in [0.717, 1.165) is 12.1 Å². The minimum atomic E-state index is -0.357. The lowest BCUT2D eigenvalue weighted by molar-refractivity contribution is 0.129. The summed E-state index contributed by atoms with van der Waals surface area (Å²) in [5.41, 5.74) is 2.67. The molecule has 0 spiro atoms. The topological polar surface area (TPSA) is 74.2 Å². The fraction of sp³-hybridized carbons (Fsp3) is 0.692. The van der Waals surface area contributed by atoms with Crippen LogP contribution in [0.2, 0.25) is 0 Å². The maximum atomic E-state index is 11.6. The van der Waals surface area contributed by atoms with Crippen molar-refractivity contribution in [1.29, 1.82) is 0 Å². The van der Waals surface area contributed by atoms with Crippen molar-refractivity contribution in [3.8, 4) is 0 Å². The number of amides is 2. The van der Waals surface area contributed by atoms with Gasteiger partial charge in [-0.05, 0) is 18.8 Å². The second-order valence-corrected chi connectivity index (χ2v) is 6.28. The fourth-order valence-electron chi connectivity index (χ4n) is 1.92. The largest absolute Gasteiger partial charge is 0.393 e. The predicted molar refractivity (Wildman–Crippen MR) is 77.3 cm³/mol. The molecule has 1 heterocycles. The van der Waals surface area contributed by atoms with E-state index in [9.17, 15) is 9.90 Å². The zero-order valence-corrected chi connectivity index (χ0v) is 12.6. The molecule has 0 aliphatic heterocycles. The van der Waals surface area contributed by atoms with Crippen LogP contribution < -0.4 is 10.6 Å². The lowest BCUT2D eigenvalue weighted by Crippen LogP contribution is -2.42. The monoisotopic (exact) mass is 285 g/mol. The highest BCUT2D eigenvalue weighted by atomic mass is 32.1. The molecule has 1 rings (SSSR count). The van der Waals surface area contributed by atoms with Gasteiger partial charge in [-0.2, -0.15) is 0 Å². The van der Waals surface area contributed by atoms with Gasteiger partial charge < -0.3 is 15.7 Å². The Morgan fingerprint density at radius 1 is 1.53 bits per heavy atom. The van der Waals surface area contributed by atoms with Crippen LogP contribution in [0.4, 0.5) is 4.79 Å². The first-order valence-corrected chi connectivity index (χ1v) is 7.40. The summed E-state index contributed by atoms with van der Waals surface area (Å²) in [7, 11) is 0. The number of nitrogens with one attached hydrogen (secondary N) is 2. The normalized spacial score (nSPS) is 13.1. The van der Waals surface area contributed by atoms with Gasteiger partial charge in [0.25, 0.3) is 0 Å². The van der Waals surface area contributed by atoms with Gasteiger partial charge in [0.15, 0.2) is 0 Å². The van der Waals surface area contributed by atoms with Crippen LogP contribution in [0.25, 0.3) is 0 Å². The summed E-state index contributed by atoms with van der Waals surface area (Å²) in [6.07, 6.45) is 1.05. The van der Waals surface area contributed by atoms with Crippen molar-refractivity contribution in [2.45, 2.75) is 39.7 Å². The summed E-state index contributed by atoms with van der Waals surface area (Å²) in [5, 5.41) is 17.0. The second kappa shape index (κ2) is 7.45. The molecule has 108 valence electrons. The molecule has 3 N–H and O–H groups in total. The first-order chi connectivity index (χ1) is 8.89. The van der Waals surface area contributed by atoms with Gasteiger partial charge in [-0.1, -0.05) is 13.8 Å². The van der Waals surface area contributed by atoms with Gasteiger partial charge in [0, 0.05) is 24.9 Å².